The molecule has 0 aliphatic carbocycles. The van der Waals surface area contributed by atoms with Crippen molar-refractivity contribution in [2.75, 3.05) is 47.5 Å². The highest BCUT2D eigenvalue weighted by Gasteiger charge is 2.32. The van der Waals surface area contributed by atoms with Crippen LogP contribution in [0.4, 0.5) is 0 Å². The Kier molecular flexibility index (Phi) is 16.2. The minimum Gasteiger partial charge on any atom is -0.870 e. The lowest BCUT2D eigenvalue weighted by atomic mass is 9.84. The van der Waals surface area contributed by atoms with Gasteiger partial charge in [0.1, 0.15) is 11.5 Å². The minimum atomic E-state index is -0.692. The zero-order chi connectivity index (χ0) is 32.0. The average Bonchev–Trinajstić information content (AvgIpc) is 3.46. The summed E-state index contributed by atoms with van der Waals surface area (Å²) in [4.78, 5) is 50.8. The lowest BCUT2D eigenvalue weighted by Crippen LogP contribution is -2.44. The quantitative estimate of drug-likeness (QED) is 0.0553. The van der Waals surface area contributed by atoms with Gasteiger partial charge in [0.15, 0.2) is 5.76 Å². The first-order chi connectivity index (χ1) is 20.4. The van der Waals surface area contributed by atoms with E-state index in [1.54, 1.807) is 36.7 Å². The molecule has 1 aromatic carbocycles. The fourth-order valence-corrected chi connectivity index (χ4v) is 4.64. The predicted octanol–water partition coefficient (Wildman–Crippen LogP) is 3.14. The van der Waals surface area contributed by atoms with Crippen LogP contribution in [0.15, 0.2) is 34.7 Å². The molecule has 13 nitrogen and oxygen atoms in total. The maximum absolute atomic E-state index is 13.0. The number of likely N-dealkylation sites (N-methyl/N-ethyl adjacent to an activating group) is 1. The third-order valence-electron chi connectivity index (χ3n) is 7.00. The molecule has 4 amide bonds. The second-order valence-corrected chi connectivity index (χ2v) is 11.4. The molecular weight excluding hydrogens is 570 g/mol. The van der Waals surface area contributed by atoms with Crippen LogP contribution in [-0.4, -0.2) is 86.3 Å². The van der Waals surface area contributed by atoms with E-state index in [4.69, 9.17) is 14.4 Å². The van der Waals surface area contributed by atoms with E-state index in [1.165, 1.54) is 6.07 Å². The first kappa shape index (κ1) is 38.1. The number of ether oxygens (including phenoxy) is 1. The average molecular weight is 620 g/mol. The van der Waals surface area contributed by atoms with E-state index in [0.29, 0.717) is 53.1 Å². The Labute approximate surface area is 259 Å². The molecule has 2 atom stereocenters. The molecule has 13 heteroatoms. The summed E-state index contributed by atoms with van der Waals surface area (Å²) in [5, 5.41) is 17.3. The summed E-state index contributed by atoms with van der Waals surface area (Å²) in [6.07, 6.45) is 3.49. The Morgan fingerprint density at radius 3 is 2.25 bits per heavy atom. The van der Waals surface area contributed by atoms with E-state index in [9.17, 15) is 19.2 Å². The van der Waals surface area contributed by atoms with E-state index < -0.39 is 23.7 Å². The van der Waals surface area contributed by atoms with Crippen molar-refractivity contribution in [1.82, 2.24) is 21.4 Å². The molecule has 0 bridgehead atoms. The molecular formula is C31H49N5O8. The fourth-order valence-electron chi connectivity index (χ4n) is 4.64. The van der Waals surface area contributed by atoms with E-state index in [-0.39, 0.29) is 29.7 Å². The van der Waals surface area contributed by atoms with Crippen LogP contribution < -0.4 is 26.2 Å². The maximum Gasteiger partial charge on any atom is 0.288 e. The topological polar surface area (TPSA) is 189 Å². The van der Waals surface area contributed by atoms with E-state index in [0.717, 1.165) is 25.8 Å². The van der Waals surface area contributed by atoms with Gasteiger partial charge in [-0.1, -0.05) is 33.1 Å². The smallest absolute Gasteiger partial charge is 0.288 e. The Morgan fingerprint density at radius 1 is 0.909 bits per heavy atom. The van der Waals surface area contributed by atoms with Gasteiger partial charge in [0, 0.05) is 17.0 Å². The van der Waals surface area contributed by atoms with Crippen molar-refractivity contribution in [3.05, 3.63) is 41.7 Å². The SMILES string of the molecule is CCCCC[C@@H](C(=O)NCNC(=O)c1ccc(-c2cc(OCC)cc(C(=O)NCC[N+](C)(C)C)c2)o1)[C@@H](CC)C(=O)NO.[OH-]. The number of nitrogens with zero attached hydrogens (tertiary/aromatic N) is 1. The highest BCUT2D eigenvalue weighted by molar-refractivity contribution is 5.96. The van der Waals surface area contributed by atoms with Crippen molar-refractivity contribution >= 4 is 23.6 Å². The third kappa shape index (κ3) is 12.0. The van der Waals surface area contributed by atoms with Gasteiger partial charge in [0.2, 0.25) is 11.8 Å². The van der Waals surface area contributed by atoms with E-state index >= 15 is 0 Å². The summed E-state index contributed by atoms with van der Waals surface area (Å²) >= 11 is 0. The number of hydrogen-bond donors (Lipinski definition) is 5. The molecule has 44 heavy (non-hydrogen) atoms. The molecule has 1 aromatic heterocycles. The molecule has 0 spiro atoms. The summed E-state index contributed by atoms with van der Waals surface area (Å²) < 4.78 is 12.2. The van der Waals surface area contributed by atoms with Gasteiger partial charge in [-0.2, -0.15) is 0 Å². The molecule has 1 heterocycles. The molecule has 0 saturated heterocycles. The van der Waals surface area contributed by atoms with Gasteiger partial charge in [-0.3, -0.25) is 24.4 Å². The van der Waals surface area contributed by atoms with Gasteiger partial charge in [0.25, 0.3) is 11.8 Å². The number of unbranched alkanes of at least 4 members (excludes halogenated alkanes) is 2. The van der Waals surface area contributed by atoms with Crippen molar-refractivity contribution in [3.63, 3.8) is 0 Å². The second-order valence-electron chi connectivity index (χ2n) is 11.4. The Hall–Kier alpha value is -3.94. The van der Waals surface area contributed by atoms with Crippen LogP contribution in [0.5, 0.6) is 5.75 Å². The van der Waals surface area contributed by atoms with Gasteiger partial charge in [-0.15, -0.1) is 0 Å². The largest absolute Gasteiger partial charge is 0.870 e. The molecule has 0 aliphatic heterocycles. The van der Waals surface area contributed by atoms with E-state index in [2.05, 4.69) is 16.0 Å². The normalized spacial score (nSPS) is 12.3. The van der Waals surface area contributed by atoms with Gasteiger partial charge in [-0.25, -0.2) is 5.48 Å². The zero-order valence-electron chi connectivity index (χ0n) is 26.7. The van der Waals surface area contributed by atoms with Crippen molar-refractivity contribution in [2.24, 2.45) is 11.8 Å². The van der Waals surface area contributed by atoms with Crippen LogP contribution in [0.25, 0.3) is 11.3 Å². The monoisotopic (exact) mass is 619 g/mol. The fraction of sp³-hybridized carbons (Fsp3) is 0.548. The maximum atomic E-state index is 13.0. The number of benzene rings is 1. The Balaban J connectivity index is 0.00000968. The van der Waals surface area contributed by atoms with Crippen molar-refractivity contribution in [3.8, 4) is 17.1 Å². The number of quaternary nitrogens is 1. The number of hydroxylamine groups is 1. The number of nitrogens with one attached hydrogen (secondary N) is 4. The standard InChI is InChI=1S/C31H47N5O7.H2O/c1-7-10-11-12-25(24(8-2)30(39)35-41)29(38)33-20-34-31(40)27-14-13-26(43-27)21-17-22(19-23(18-21)42-9-3)28(37)32-15-16-36(4,5)6;/h13-14,17-19,24-25H,7-12,15-16,20H2,1-6H3,(H4-,32,33,34,35,37,38,39,40,41);1H2/t24-,25-;/m1./s1. The van der Waals surface area contributed by atoms with Gasteiger partial charge < -0.3 is 35.1 Å². The Bertz CT molecular complexity index is 1220. The zero-order valence-corrected chi connectivity index (χ0v) is 26.7. The number of rotatable bonds is 18. The van der Waals surface area contributed by atoms with Crippen LogP contribution in [0, 0.1) is 11.8 Å². The summed E-state index contributed by atoms with van der Waals surface area (Å²) in [6.45, 7) is 7.17. The number of carbonyl (C=O) groups is 4. The molecule has 6 N–H and O–H groups in total. The summed E-state index contributed by atoms with van der Waals surface area (Å²) in [7, 11) is 6.14. The van der Waals surface area contributed by atoms with Crippen LogP contribution in [0.2, 0.25) is 0 Å². The Morgan fingerprint density at radius 2 is 1.64 bits per heavy atom. The van der Waals surface area contributed by atoms with Gasteiger partial charge in [-0.05, 0) is 50.1 Å². The first-order valence-electron chi connectivity index (χ1n) is 14.9. The molecule has 0 unspecified atom stereocenters. The number of carbonyl (C=O) groups excluding carboxylic acids is 4. The highest BCUT2D eigenvalue weighted by atomic mass is 16.5. The lowest BCUT2D eigenvalue weighted by molar-refractivity contribution is -0.869. The van der Waals surface area contributed by atoms with E-state index in [1.807, 2.05) is 35.0 Å². The minimum absolute atomic E-state index is 0. The molecule has 246 valence electrons. The number of hydrogen-bond acceptors (Lipinski definition) is 8. The van der Waals surface area contributed by atoms with Crippen LogP contribution in [-0.2, 0) is 9.59 Å². The molecule has 2 aromatic rings. The highest BCUT2D eigenvalue weighted by Crippen LogP contribution is 2.28. The number of furan rings is 1. The van der Waals surface area contributed by atoms with Crippen molar-refractivity contribution in [2.45, 2.75) is 52.9 Å². The summed E-state index contributed by atoms with van der Waals surface area (Å²) in [5.41, 5.74) is 2.63. The molecule has 2 rings (SSSR count). The molecule has 0 radical (unpaired) electrons. The van der Waals surface area contributed by atoms with Crippen LogP contribution in [0.1, 0.15) is 73.8 Å². The predicted molar refractivity (Wildman–Crippen MR) is 164 cm³/mol. The summed E-state index contributed by atoms with van der Waals surface area (Å²) in [6, 6.07) is 8.21. The molecule has 0 saturated carbocycles. The first-order valence-corrected chi connectivity index (χ1v) is 14.9. The second kappa shape index (κ2) is 18.7. The third-order valence-corrected chi connectivity index (χ3v) is 7.00. The number of amides is 4. The van der Waals surface area contributed by atoms with Crippen LogP contribution >= 0.6 is 0 Å². The van der Waals surface area contributed by atoms with Crippen LogP contribution in [0.3, 0.4) is 0 Å². The molecule has 0 fully saturated rings. The molecule has 0 aliphatic rings. The van der Waals surface area contributed by atoms with Gasteiger partial charge >= 0.3 is 0 Å². The summed E-state index contributed by atoms with van der Waals surface area (Å²) in [5.74, 6) is -2.24. The van der Waals surface area contributed by atoms with Gasteiger partial charge in [0.05, 0.1) is 53.4 Å². The van der Waals surface area contributed by atoms with Crippen molar-refractivity contribution < 1.29 is 43.5 Å². The lowest BCUT2D eigenvalue weighted by Gasteiger charge is -2.24. The van der Waals surface area contributed by atoms with Crippen molar-refractivity contribution in [1.29, 1.82) is 0 Å².